The van der Waals surface area contributed by atoms with Crippen LogP contribution in [0.4, 0.5) is 4.79 Å². The minimum Gasteiger partial charge on any atom is -0.335 e. The highest BCUT2D eigenvalue weighted by Crippen LogP contribution is 2.26. The highest BCUT2D eigenvalue weighted by atomic mass is 16.2. The quantitative estimate of drug-likeness (QED) is 0.897. The van der Waals surface area contributed by atoms with Crippen molar-refractivity contribution in [2.75, 3.05) is 26.7 Å². The van der Waals surface area contributed by atoms with Crippen molar-refractivity contribution in [3.63, 3.8) is 0 Å². The number of nitrogens with zero attached hydrogens (tertiary/aromatic N) is 2. The summed E-state index contributed by atoms with van der Waals surface area (Å²) in [5.74, 6) is 0. The molecular weight excluding hydrogens is 250 g/mol. The summed E-state index contributed by atoms with van der Waals surface area (Å²) in [7, 11) is 2.12. The standard InChI is InChI=1S/C16H23N3O/c1-18-10-11-19(16(20)17-14-8-5-9-14)15(12-18)13-6-3-2-4-7-13/h2-4,6-7,14-15H,5,8-12H2,1H3,(H,17,20). The van der Waals surface area contributed by atoms with Crippen LogP contribution in [0.2, 0.25) is 0 Å². The van der Waals surface area contributed by atoms with Gasteiger partial charge >= 0.3 is 6.03 Å². The number of carbonyl (C=O) groups is 1. The van der Waals surface area contributed by atoms with Crippen LogP contribution in [0.25, 0.3) is 0 Å². The molecule has 1 atom stereocenters. The summed E-state index contributed by atoms with van der Waals surface area (Å²) in [5, 5.41) is 3.17. The second-order valence-electron chi connectivity index (χ2n) is 5.96. The molecule has 1 heterocycles. The molecule has 3 rings (SSSR count). The van der Waals surface area contributed by atoms with Crippen molar-refractivity contribution in [1.29, 1.82) is 0 Å². The second kappa shape index (κ2) is 5.83. The number of benzene rings is 1. The number of piperazine rings is 1. The maximum absolute atomic E-state index is 12.5. The summed E-state index contributed by atoms with van der Waals surface area (Å²) < 4.78 is 0. The lowest BCUT2D eigenvalue weighted by atomic mass is 9.93. The molecule has 1 aliphatic heterocycles. The van der Waals surface area contributed by atoms with Gasteiger partial charge in [-0.2, -0.15) is 0 Å². The Balaban J connectivity index is 1.74. The van der Waals surface area contributed by atoms with Gasteiger partial charge in [0.15, 0.2) is 0 Å². The zero-order valence-electron chi connectivity index (χ0n) is 12.1. The van der Waals surface area contributed by atoms with Crippen LogP contribution >= 0.6 is 0 Å². The van der Waals surface area contributed by atoms with Crippen molar-refractivity contribution >= 4 is 6.03 Å². The van der Waals surface area contributed by atoms with Crippen LogP contribution in [0.3, 0.4) is 0 Å². The second-order valence-corrected chi connectivity index (χ2v) is 5.96. The number of amides is 2. The van der Waals surface area contributed by atoms with Crippen molar-refractivity contribution in [2.24, 2.45) is 0 Å². The first-order valence-electron chi connectivity index (χ1n) is 7.54. The largest absolute Gasteiger partial charge is 0.335 e. The van der Waals surface area contributed by atoms with Crippen molar-refractivity contribution in [3.05, 3.63) is 35.9 Å². The lowest BCUT2D eigenvalue weighted by Crippen LogP contribution is -2.54. The van der Waals surface area contributed by atoms with Gasteiger partial charge in [0, 0.05) is 25.7 Å². The lowest BCUT2D eigenvalue weighted by Gasteiger charge is -2.41. The lowest BCUT2D eigenvalue weighted by molar-refractivity contribution is 0.104. The first-order valence-corrected chi connectivity index (χ1v) is 7.54. The highest BCUT2D eigenvalue weighted by Gasteiger charge is 2.31. The molecule has 108 valence electrons. The number of likely N-dealkylation sites (N-methyl/N-ethyl adjacent to an activating group) is 1. The normalized spacial score (nSPS) is 24.2. The van der Waals surface area contributed by atoms with E-state index in [2.05, 4.69) is 29.4 Å². The predicted octanol–water partition coefficient (Wildman–Crippen LogP) is 2.24. The van der Waals surface area contributed by atoms with Gasteiger partial charge in [0.1, 0.15) is 0 Å². The molecule has 1 aromatic rings. The van der Waals surface area contributed by atoms with E-state index in [-0.39, 0.29) is 12.1 Å². The van der Waals surface area contributed by atoms with E-state index in [1.54, 1.807) is 0 Å². The highest BCUT2D eigenvalue weighted by molar-refractivity contribution is 5.75. The number of rotatable bonds is 2. The van der Waals surface area contributed by atoms with E-state index in [0.29, 0.717) is 6.04 Å². The third-order valence-electron chi connectivity index (χ3n) is 4.46. The Morgan fingerprint density at radius 2 is 1.95 bits per heavy atom. The molecule has 20 heavy (non-hydrogen) atoms. The fourth-order valence-electron chi connectivity index (χ4n) is 2.93. The number of hydrogen-bond donors (Lipinski definition) is 1. The number of hydrogen-bond acceptors (Lipinski definition) is 2. The van der Waals surface area contributed by atoms with Crippen LogP contribution in [0.5, 0.6) is 0 Å². The van der Waals surface area contributed by atoms with Gasteiger partial charge in [-0.15, -0.1) is 0 Å². The van der Waals surface area contributed by atoms with E-state index >= 15 is 0 Å². The van der Waals surface area contributed by atoms with Crippen LogP contribution < -0.4 is 5.32 Å². The SMILES string of the molecule is CN1CCN(C(=O)NC2CCC2)C(c2ccccc2)C1. The molecule has 0 bridgehead atoms. The summed E-state index contributed by atoms with van der Waals surface area (Å²) in [4.78, 5) is 16.8. The Bertz CT molecular complexity index is 458. The van der Waals surface area contributed by atoms with Gasteiger partial charge < -0.3 is 15.1 Å². The number of nitrogens with one attached hydrogen (secondary N) is 1. The Morgan fingerprint density at radius 3 is 2.60 bits per heavy atom. The summed E-state index contributed by atoms with van der Waals surface area (Å²) in [5.41, 5.74) is 1.22. The van der Waals surface area contributed by atoms with E-state index in [4.69, 9.17) is 0 Å². The molecule has 1 saturated heterocycles. The summed E-state index contributed by atoms with van der Waals surface area (Å²) in [6.07, 6.45) is 3.51. The third kappa shape index (κ3) is 2.80. The van der Waals surface area contributed by atoms with Crippen molar-refractivity contribution in [3.8, 4) is 0 Å². The van der Waals surface area contributed by atoms with E-state index in [1.165, 1.54) is 12.0 Å². The summed E-state index contributed by atoms with van der Waals surface area (Å²) in [6, 6.07) is 11.0. The fraction of sp³-hybridized carbons (Fsp3) is 0.562. The molecule has 2 aliphatic rings. The molecular formula is C16H23N3O. The molecule has 1 aliphatic carbocycles. The molecule has 1 saturated carbocycles. The van der Waals surface area contributed by atoms with Gasteiger partial charge in [0.2, 0.25) is 0 Å². The first kappa shape index (κ1) is 13.4. The van der Waals surface area contributed by atoms with Crippen molar-refractivity contribution in [2.45, 2.75) is 31.3 Å². The van der Waals surface area contributed by atoms with Crippen LogP contribution in [-0.2, 0) is 0 Å². The van der Waals surface area contributed by atoms with Crippen molar-refractivity contribution < 1.29 is 4.79 Å². The maximum atomic E-state index is 12.5. The summed E-state index contributed by atoms with van der Waals surface area (Å²) >= 11 is 0. The molecule has 0 spiro atoms. The van der Waals surface area contributed by atoms with Crippen LogP contribution in [0, 0.1) is 0 Å². The fourth-order valence-corrected chi connectivity index (χ4v) is 2.93. The van der Waals surface area contributed by atoms with Gasteiger partial charge in [-0.1, -0.05) is 30.3 Å². The molecule has 4 heteroatoms. The number of carbonyl (C=O) groups excluding carboxylic acids is 1. The van der Waals surface area contributed by atoms with Crippen LogP contribution in [-0.4, -0.2) is 48.6 Å². The minimum atomic E-state index is 0.108. The van der Waals surface area contributed by atoms with Gasteiger partial charge in [-0.05, 0) is 31.9 Å². The maximum Gasteiger partial charge on any atom is 0.318 e. The molecule has 0 radical (unpaired) electrons. The molecule has 2 fully saturated rings. The summed E-state index contributed by atoms with van der Waals surface area (Å²) in [6.45, 7) is 2.65. The molecule has 1 N–H and O–H groups in total. The smallest absolute Gasteiger partial charge is 0.318 e. The minimum absolute atomic E-state index is 0.108. The Morgan fingerprint density at radius 1 is 1.20 bits per heavy atom. The first-order chi connectivity index (χ1) is 9.74. The predicted molar refractivity (Wildman–Crippen MR) is 79.6 cm³/mol. The van der Waals surface area contributed by atoms with E-state index in [1.807, 2.05) is 23.1 Å². The molecule has 1 aromatic carbocycles. The van der Waals surface area contributed by atoms with Crippen molar-refractivity contribution in [1.82, 2.24) is 15.1 Å². The molecule has 0 aromatic heterocycles. The Labute approximate surface area is 120 Å². The Kier molecular flexibility index (Phi) is 3.92. The van der Waals surface area contributed by atoms with Gasteiger partial charge in [-0.3, -0.25) is 0 Å². The Hall–Kier alpha value is -1.55. The zero-order chi connectivity index (χ0) is 13.9. The van der Waals surface area contributed by atoms with Gasteiger partial charge in [-0.25, -0.2) is 4.79 Å². The zero-order valence-corrected chi connectivity index (χ0v) is 12.1. The molecule has 4 nitrogen and oxygen atoms in total. The topological polar surface area (TPSA) is 35.6 Å². The molecule has 1 unspecified atom stereocenters. The average Bonchev–Trinajstić information content (AvgIpc) is 2.43. The van der Waals surface area contributed by atoms with Crippen LogP contribution in [0.1, 0.15) is 30.9 Å². The average molecular weight is 273 g/mol. The third-order valence-corrected chi connectivity index (χ3v) is 4.46. The molecule has 2 amide bonds. The van der Waals surface area contributed by atoms with Gasteiger partial charge in [0.25, 0.3) is 0 Å². The monoisotopic (exact) mass is 273 g/mol. The number of urea groups is 1. The van der Waals surface area contributed by atoms with E-state index < -0.39 is 0 Å². The van der Waals surface area contributed by atoms with Crippen LogP contribution in [0.15, 0.2) is 30.3 Å². The van der Waals surface area contributed by atoms with E-state index in [9.17, 15) is 4.79 Å². The van der Waals surface area contributed by atoms with E-state index in [0.717, 1.165) is 32.5 Å². The van der Waals surface area contributed by atoms with Gasteiger partial charge in [0.05, 0.1) is 6.04 Å².